The Balaban J connectivity index is 1.57. The molecule has 5 heteroatoms. The second-order valence-corrected chi connectivity index (χ2v) is 6.58. The molecule has 0 spiro atoms. The fourth-order valence-corrected chi connectivity index (χ4v) is 3.35. The topological polar surface area (TPSA) is 66.5 Å². The minimum absolute atomic E-state index is 0.122. The van der Waals surface area contributed by atoms with Crippen LogP contribution in [0.1, 0.15) is 30.4 Å². The molecule has 0 saturated carbocycles. The van der Waals surface area contributed by atoms with Gasteiger partial charge in [0.2, 0.25) is 17.7 Å². The summed E-state index contributed by atoms with van der Waals surface area (Å²) in [7, 11) is 0. The molecular formula is C19H22N2O3. The van der Waals surface area contributed by atoms with Crippen molar-refractivity contribution in [2.45, 2.75) is 33.1 Å². The summed E-state index contributed by atoms with van der Waals surface area (Å²) < 4.78 is 0. The van der Waals surface area contributed by atoms with E-state index in [-0.39, 0.29) is 42.5 Å². The van der Waals surface area contributed by atoms with Crippen LogP contribution in [0.15, 0.2) is 30.4 Å². The number of amides is 3. The first-order valence-corrected chi connectivity index (χ1v) is 8.34. The fourth-order valence-electron chi connectivity index (χ4n) is 3.35. The second-order valence-electron chi connectivity index (χ2n) is 6.58. The summed E-state index contributed by atoms with van der Waals surface area (Å²) in [6.45, 7) is 4.16. The standard InChI is InChI=1S/C19H22N2O3/c1-12-7-8-14(11-13(12)2)20-17(22)9-10-21-18(23)15-5-3-4-6-16(15)19(21)24/h3-4,7-8,11,15-16H,5-6,9-10H2,1-2H3,(H,20,22). The SMILES string of the molecule is Cc1ccc(NC(=O)CCN2C(=O)C3CC=CCC3C2=O)cc1C. The number of rotatable bonds is 4. The van der Waals surface area contributed by atoms with E-state index in [9.17, 15) is 14.4 Å². The number of benzene rings is 1. The molecule has 3 rings (SSSR count). The third-order valence-corrected chi connectivity index (χ3v) is 4.95. The second kappa shape index (κ2) is 6.59. The number of hydrogen-bond acceptors (Lipinski definition) is 3. The zero-order valence-electron chi connectivity index (χ0n) is 14.0. The summed E-state index contributed by atoms with van der Waals surface area (Å²) in [6.07, 6.45) is 5.29. The number of nitrogens with zero attached hydrogens (tertiary/aromatic N) is 1. The summed E-state index contributed by atoms with van der Waals surface area (Å²) in [5, 5.41) is 2.83. The van der Waals surface area contributed by atoms with Crippen LogP contribution in [-0.4, -0.2) is 29.2 Å². The van der Waals surface area contributed by atoms with Gasteiger partial charge in [-0.05, 0) is 49.9 Å². The molecule has 1 aliphatic heterocycles. The molecule has 126 valence electrons. The highest BCUT2D eigenvalue weighted by Crippen LogP contribution is 2.35. The Morgan fingerprint density at radius 1 is 1.08 bits per heavy atom. The molecule has 1 fully saturated rings. The largest absolute Gasteiger partial charge is 0.326 e. The predicted molar refractivity (Wildman–Crippen MR) is 91.2 cm³/mol. The Kier molecular flexibility index (Phi) is 4.51. The molecule has 1 aromatic carbocycles. The maximum Gasteiger partial charge on any atom is 0.233 e. The maximum atomic E-state index is 12.3. The van der Waals surface area contributed by atoms with Crippen LogP contribution < -0.4 is 5.32 Å². The van der Waals surface area contributed by atoms with Crippen molar-refractivity contribution < 1.29 is 14.4 Å². The quantitative estimate of drug-likeness (QED) is 0.683. The van der Waals surface area contributed by atoms with Gasteiger partial charge < -0.3 is 5.32 Å². The minimum atomic E-state index is -0.231. The number of fused-ring (bicyclic) bond motifs is 1. The normalized spacial score (nSPS) is 22.7. The molecule has 1 N–H and O–H groups in total. The first-order chi connectivity index (χ1) is 11.5. The summed E-state index contributed by atoms with van der Waals surface area (Å²) in [4.78, 5) is 38.1. The highest BCUT2D eigenvalue weighted by molar-refractivity contribution is 6.05. The summed E-state index contributed by atoms with van der Waals surface area (Å²) >= 11 is 0. The van der Waals surface area contributed by atoms with Gasteiger partial charge >= 0.3 is 0 Å². The zero-order valence-corrected chi connectivity index (χ0v) is 14.0. The third-order valence-electron chi connectivity index (χ3n) is 4.95. The zero-order chi connectivity index (χ0) is 17.3. The van der Waals surface area contributed by atoms with Gasteiger partial charge in [-0.1, -0.05) is 18.2 Å². The average molecular weight is 326 g/mol. The van der Waals surface area contributed by atoms with Crippen LogP contribution in [0.5, 0.6) is 0 Å². The minimum Gasteiger partial charge on any atom is -0.326 e. The molecule has 1 aromatic rings. The Morgan fingerprint density at radius 2 is 1.71 bits per heavy atom. The molecule has 5 nitrogen and oxygen atoms in total. The molecule has 0 aromatic heterocycles. The van der Waals surface area contributed by atoms with Crippen molar-refractivity contribution in [3.8, 4) is 0 Å². The lowest BCUT2D eigenvalue weighted by Crippen LogP contribution is -2.34. The van der Waals surface area contributed by atoms with Crippen LogP contribution in [0, 0.1) is 25.7 Å². The van der Waals surface area contributed by atoms with Gasteiger partial charge in [0.1, 0.15) is 0 Å². The maximum absolute atomic E-state index is 12.3. The molecule has 2 atom stereocenters. The highest BCUT2D eigenvalue weighted by Gasteiger charge is 2.46. The number of carbonyl (C=O) groups is 3. The van der Waals surface area contributed by atoms with Crippen molar-refractivity contribution in [1.82, 2.24) is 4.90 Å². The number of aryl methyl sites for hydroxylation is 2. The van der Waals surface area contributed by atoms with Crippen molar-refractivity contribution in [2.75, 3.05) is 11.9 Å². The number of likely N-dealkylation sites (tertiary alicyclic amines) is 1. The number of carbonyl (C=O) groups excluding carboxylic acids is 3. The van der Waals surface area contributed by atoms with E-state index in [1.54, 1.807) is 0 Å². The summed E-state index contributed by atoms with van der Waals surface area (Å²) in [5.74, 6) is -0.913. The molecule has 3 amide bonds. The van der Waals surface area contributed by atoms with Crippen molar-refractivity contribution in [2.24, 2.45) is 11.8 Å². The number of allylic oxidation sites excluding steroid dienone is 2. The highest BCUT2D eigenvalue weighted by atomic mass is 16.2. The van der Waals surface area contributed by atoms with Crippen molar-refractivity contribution in [1.29, 1.82) is 0 Å². The van der Waals surface area contributed by atoms with Gasteiger partial charge in [0, 0.05) is 18.7 Å². The fraction of sp³-hybridized carbons (Fsp3) is 0.421. The number of imide groups is 1. The Labute approximate surface area is 141 Å². The van der Waals surface area contributed by atoms with E-state index >= 15 is 0 Å². The lowest BCUT2D eigenvalue weighted by atomic mass is 9.85. The summed E-state index contributed by atoms with van der Waals surface area (Å²) in [6, 6.07) is 5.72. The average Bonchev–Trinajstić information content (AvgIpc) is 2.81. The van der Waals surface area contributed by atoms with E-state index in [2.05, 4.69) is 5.32 Å². The summed E-state index contributed by atoms with van der Waals surface area (Å²) in [5.41, 5.74) is 3.01. The third kappa shape index (κ3) is 3.11. The van der Waals surface area contributed by atoms with Crippen molar-refractivity contribution >= 4 is 23.4 Å². The number of nitrogens with one attached hydrogen (secondary N) is 1. The first kappa shape index (κ1) is 16.4. The number of anilines is 1. The van der Waals surface area contributed by atoms with Gasteiger partial charge in [-0.2, -0.15) is 0 Å². The smallest absolute Gasteiger partial charge is 0.233 e. The first-order valence-electron chi connectivity index (χ1n) is 8.34. The van der Waals surface area contributed by atoms with Crippen LogP contribution in [0.2, 0.25) is 0 Å². The molecule has 1 aliphatic carbocycles. The van der Waals surface area contributed by atoms with E-state index in [1.165, 1.54) is 4.90 Å². The van der Waals surface area contributed by atoms with Crippen LogP contribution in [-0.2, 0) is 14.4 Å². The molecule has 2 aliphatic rings. The van der Waals surface area contributed by atoms with E-state index in [4.69, 9.17) is 0 Å². The van der Waals surface area contributed by atoms with E-state index in [0.29, 0.717) is 12.8 Å². The van der Waals surface area contributed by atoms with Crippen molar-refractivity contribution in [3.63, 3.8) is 0 Å². The van der Waals surface area contributed by atoms with Crippen LogP contribution >= 0.6 is 0 Å². The van der Waals surface area contributed by atoms with Gasteiger partial charge in [0.15, 0.2) is 0 Å². The van der Waals surface area contributed by atoms with Crippen LogP contribution in [0.4, 0.5) is 5.69 Å². The monoisotopic (exact) mass is 326 g/mol. The van der Waals surface area contributed by atoms with Gasteiger partial charge in [0.05, 0.1) is 11.8 Å². The van der Waals surface area contributed by atoms with Gasteiger partial charge in [0.25, 0.3) is 0 Å². The van der Waals surface area contributed by atoms with Crippen LogP contribution in [0.3, 0.4) is 0 Å². The Hall–Kier alpha value is -2.43. The molecule has 0 bridgehead atoms. The predicted octanol–water partition coefficient (Wildman–Crippen LogP) is 2.58. The molecule has 1 heterocycles. The van der Waals surface area contributed by atoms with Gasteiger partial charge in [-0.15, -0.1) is 0 Å². The van der Waals surface area contributed by atoms with E-state index in [0.717, 1.165) is 16.8 Å². The number of hydrogen-bond donors (Lipinski definition) is 1. The van der Waals surface area contributed by atoms with E-state index in [1.807, 2.05) is 44.2 Å². The lowest BCUT2D eigenvalue weighted by Gasteiger charge is -2.14. The molecule has 2 unspecified atom stereocenters. The Morgan fingerprint density at radius 3 is 2.29 bits per heavy atom. The van der Waals surface area contributed by atoms with Gasteiger partial charge in [-0.25, -0.2) is 0 Å². The lowest BCUT2D eigenvalue weighted by molar-refractivity contribution is -0.140. The molecular weight excluding hydrogens is 304 g/mol. The molecule has 1 saturated heterocycles. The molecule has 0 radical (unpaired) electrons. The molecule has 24 heavy (non-hydrogen) atoms. The van der Waals surface area contributed by atoms with Gasteiger partial charge in [-0.3, -0.25) is 19.3 Å². The van der Waals surface area contributed by atoms with Crippen molar-refractivity contribution in [3.05, 3.63) is 41.5 Å². The van der Waals surface area contributed by atoms with Crippen LogP contribution in [0.25, 0.3) is 0 Å². The Bertz CT molecular complexity index is 697. The van der Waals surface area contributed by atoms with E-state index < -0.39 is 0 Å².